The summed E-state index contributed by atoms with van der Waals surface area (Å²) in [5.41, 5.74) is 0.896. The van der Waals surface area contributed by atoms with E-state index >= 15 is 0 Å². The number of hydrogen-bond donors (Lipinski definition) is 2. The zero-order valence-corrected chi connectivity index (χ0v) is 13.5. The van der Waals surface area contributed by atoms with E-state index in [1.165, 1.54) is 18.5 Å². The predicted octanol–water partition coefficient (Wildman–Crippen LogP) is 4.04. The van der Waals surface area contributed by atoms with Gasteiger partial charge in [0.1, 0.15) is 11.9 Å². The number of aromatic nitrogens is 2. The topological polar surface area (TPSA) is 73.6 Å². The Bertz CT molecular complexity index is 963. The third kappa shape index (κ3) is 3.67. The van der Waals surface area contributed by atoms with Crippen molar-refractivity contribution >= 4 is 22.4 Å². The number of halogens is 3. The van der Waals surface area contributed by atoms with Gasteiger partial charge < -0.3 is 10.6 Å². The fraction of sp³-hybridized carbons (Fsp3) is 0.167. The van der Waals surface area contributed by atoms with Crippen molar-refractivity contribution in [3.8, 4) is 6.07 Å². The Morgan fingerprint density at radius 2 is 1.77 bits per heavy atom. The van der Waals surface area contributed by atoms with Crippen LogP contribution in [-0.4, -0.2) is 23.1 Å². The second kappa shape index (κ2) is 7.27. The van der Waals surface area contributed by atoms with Gasteiger partial charge in [-0.05, 0) is 18.2 Å². The van der Waals surface area contributed by atoms with Gasteiger partial charge in [0.05, 0.1) is 22.3 Å². The van der Waals surface area contributed by atoms with Crippen molar-refractivity contribution in [1.29, 1.82) is 5.26 Å². The van der Waals surface area contributed by atoms with Crippen molar-refractivity contribution in [3.05, 3.63) is 59.9 Å². The molecule has 0 aliphatic carbocycles. The van der Waals surface area contributed by atoms with E-state index < -0.39 is 11.7 Å². The smallest absolute Gasteiger partial charge is 0.382 e. The van der Waals surface area contributed by atoms with E-state index in [1.54, 1.807) is 0 Å². The number of hydrogen-bond acceptors (Lipinski definition) is 5. The van der Waals surface area contributed by atoms with Crippen molar-refractivity contribution in [1.82, 2.24) is 9.97 Å². The number of pyridine rings is 2. The van der Waals surface area contributed by atoms with Crippen molar-refractivity contribution in [2.24, 2.45) is 0 Å². The lowest BCUT2D eigenvalue weighted by Gasteiger charge is -2.14. The third-order valence-electron chi connectivity index (χ3n) is 3.73. The molecule has 1 aromatic carbocycles. The minimum absolute atomic E-state index is 0.196. The van der Waals surface area contributed by atoms with E-state index in [9.17, 15) is 18.4 Å². The van der Waals surface area contributed by atoms with Crippen LogP contribution in [0.4, 0.5) is 24.7 Å². The lowest BCUT2D eigenvalue weighted by Crippen LogP contribution is -2.18. The maximum absolute atomic E-state index is 13.0. The first-order valence-electron chi connectivity index (χ1n) is 7.78. The molecule has 0 saturated carbocycles. The molecular formula is C18H14F3N5. The van der Waals surface area contributed by atoms with Gasteiger partial charge in [-0.3, -0.25) is 4.98 Å². The van der Waals surface area contributed by atoms with Crippen LogP contribution < -0.4 is 10.6 Å². The number of alkyl halides is 3. The fourth-order valence-electron chi connectivity index (χ4n) is 2.56. The highest BCUT2D eigenvalue weighted by molar-refractivity contribution is 5.93. The molecule has 2 N–H and O–H groups in total. The molecular weight excluding hydrogens is 343 g/mol. The van der Waals surface area contributed by atoms with Gasteiger partial charge in [0, 0.05) is 30.9 Å². The minimum atomic E-state index is -4.47. The molecule has 8 heteroatoms. The maximum atomic E-state index is 13.0. The van der Waals surface area contributed by atoms with Crippen LogP contribution in [0.3, 0.4) is 0 Å². The summed E-state index contributed by atoms with van der Waals surface area (Å²) in [5.74, 6) is -0.220. The summed E-state index contributed by atoms with van der Waals surface area (Å²) in [7, 11) is 0. The highest BCUT2D eigenvalue weighted by atomic mass is 19.4. The number of nitriles is 1. The number of anilines is 2. The van der Waals surface area contributed by atoms with Crippen molar-refractivity contribution in [3.63, 3.8) is 0 Å². The molecule has 5 nitrogen and oxygen atoms in total. The van der Waals surface area contributed by atoms with Crippen LogP contribution in [0.5, 0.6) is 0 Å². The molecule has 0 saturated heterocycles. The molecule has 132 valence electrons. The summed E-state index contributed by atoms with van der Waals surface area (Å²) in [6.07, 6.45) is -1.70. The zero-order chi connectivity index (χ0) is 18.6. The molecule has 0 bridgehead atoms. The predicted molar refractivity (Wildman–Crippen MR) is 92.7 cm³/mol. The van der Waals surface area contributed by atoms with Gasteiger partial charge in [0.15, 0.2) is 0 Å². The Labute approximate surface area is 147 Å². The molecule has 2 aromatic heterocycles. The van der Waals surface area contributed by atoms with Crippen LogP contribution in [0.1, 0.15) is 11.1 Å². The fourth-order valence-corrected chi connectivity index (χ4v) is 2.56. The Hall–Kier alpha value is -3.34. The van der Waals surface area contributed by atoms with Gasteiger partial charge in [-0.2, -0.15) is 18.4 Å². The molecule has 3 aromatic rings. The quantitative estimate of drug-likeness (QED) is 0.674. The van der Waals surface area contributed by atoms with Crippen molar-refractivity contribution < 1.29 is 13.2 Å². The average molecular weight is 357 g/mol. The first-order chi connectivity index (χ1) is 12.5. The van der Waals surface area contributed by atoms with Crippen LogP contribution in [-0.2, 0) is 6.18 Å². The Kier molecular flexibility index (Phi) is 4.89. The number of para-hydroxylation sites is 1. The lowest BCUT2D eigenvalue weighted by molar-refractivity contribution is -0.137. The number of benzene rings is 1. The number of fused-ring (bicyclic) bond motifs is 1. The van der Waals surface area contributed by atoms with Crippen LogP contribution in [0.25, 0.3) is 10.9 Å². The van der Waals surface area contributed by atoms with Gasteiger partial charge in [-0.1, -0.05) is 18.2 Å². The maximum Gasteiger partial charge on any atom is 0.419 e. The molecule has 26 heavy (non-hydrogen) atoms. The molecule has 0 aliphatic rings. The van der Waals surface area contributed by atoms with Gasteiger partial charge >= 0.3 is 6.18 Å². The summed E-state index contributed by atoms with van der Waals surface area (Å²) in [4.78, 5) is 7.97. The van der Waals surface area contributed by atoms with Crippen LogP contribution in [0.2, 0.25) is 0 Å². The lowest BCUT2D eigenvalue weighted by atomic mass is 10.1. The van der Waals surface area contributed by atoms with E-state index in [0.717, 1.165) is 17.0 Å². The molecule has 0 fully saturated rings. The average Bonchev–Trinajstić information content (AvgIpc) is 2.64. The standard InChI is InChI=1S/C18H14F3N5/c19-18(20,21)14-5-3-7-24-17(14)25-9-8-23-16-12(10-22)11-26-15-6-2-1-4-13(15)16/h1-7,11H,8-9H2,(H,23,26)(H,24,25). The Morgan fingerprint density at radius 1 is 1.00 bits per heavy atom. The number of rotatable bonds is 5. The SMILES string of the molecule is N#Cc1cnc2ccccc2c1NCCNc1ncccc1C(F)(F)F. The van der Waals surface area contributed by atoms with Crippen LogP contribution >= 0.6 is 0 Å². The van der Waals surface area contributed by atoms with Crippen LogP contribution in [0, 0.1) is 11.3 Å². The Balaban J connectivity index is 1.72. The Morgan fingerprint density at radius 3 is 2.54 bits per heavy atom. The van der Waals surface area contributed by atoms with Gasteiger partial charge in [0.2, 0.25) is 0 Å². The number of nitrogens with zero attached hydrogens (tertiary/aromatic N) is 3. The molecule has 0 aliphatic heterocycles. The summed E-state index contributed by atoms with van der Waals surface area (Å²) in [5, 5.41) is 15.8. The first-order valence-corrected chi connectivity index (χ1v) is 7.78. The van der Waals surface area contributed by atoms with E-state index in [2.05, 4.69) is 26.7 Å². The number of nitrogens with one attached hydrogen (secondary N) is 2. The second-order valence-corrected chi connectivity index (χ2v) is 5.43. The molecule has 0 radical (unpaired) electrons. The van der Waals surface area contributed by atoms with E-state index in [-0.39, 0.29) is 12.4 Å². The summed E-state index contributed by atoms with van der Waals surface area (Å²) in [6, 6.07) is 11.6. The molecule has 0 spiro atoms. The summed E-state index contributed by atoms with van der Waals surface area (Å²) >= 11 is 0. The minimum Gasteiger partial charge on any atom is -0.382 e. The van der Waals surface area contributed by atoms with Crippen LogP contribution in [0.15, 0.2) is 48.8 Å². The van der Waals surface area contributed by atoms with Crippen molar-refractivity contribution in [2.45, 2.75) is 6.18 Å². The third-order valence-corrected chi connectivity index (χ3v) is 3.73. The van der Waals surface area contributed by atoms with Crippen molar-refractivity contribution in [2.75, 3.05) is 23.7 Å². The molecule has 0 unspecified atom stereocenters. The summed E-state index contributed by atoms with van der Waals surface area (Å²) < 4.78 is 38.9. The van der Waals surface area contributed by atoms with Gasteiger partial charge in [-0.15, -0.1) is 0 Å². The molecule has 2 heterocycles. The largest absolute Gasteiger partial charge is 0.419 e. The second-order valence-electron chi connectivity index (χ2n) is 5.43. The normalized spacial score (nSPS) is 11.2. The van der Waals surface area contributed by atoms with Gasteiger partial charge in [-0.25, -0.2) is 4.98 Å². The first kappa shape index (κ1) is 17.5. The highest BCUT2D eigenvalue weighted by Gasteiger charge is 2.33. The van der Waals surface area contributed by atoms with Gasteiger partial charge in [0.25, 0.3) is 0 Å². The van der Waals surface area contributed by atoms with E-state index in [1.807, 2.05) is 24.3 Å². The molecule has 0 atom stereocenters. The zero-order valence-electron chi connectivity index (χ0n) is 13.5. The highest BCUT2D eigenvalue weighted by Crippen LogP contribution is 2.33. The van der Waals surface area contributed by atoms with E-state index in [0.29, 0.717) is 17.8 Å². The monoisotopic (exact) mass is 357 g/mol. The van der Waals surface area contributed by atoms with E-state index in [4.69, 9.17) is 0 Å². The molecule has 0 amide bonds. The summed E-state index contributed by atoms with van der Waals surface area (Å²) in [6.45, 7) is 0.498. The molecule has 3 rings (SSSR count).